The predicted molar refractivity (Wildman–Crippen MR) is 60.2 cm³/mol. The van der Waals surface area contributed by atoms with E-state index in [-0.39, 0.29) is 0 Å². The van der Waals surface area contributed by atoms with Crippen molar-refractivity contribution in [2.45, 2.75) is 37.7 Å². The summed E-state index contributed by atoms with van der Waals surface area (Å²) in [7, 11) is 0. The minimum absolute atomic E-state index is 0.618. The highest BCUT2D eigenvalue weighted by molar-refractivity contribution is 5.83. The second kappa shape index (κ2) is 3.91. The monoisotopic (exact) mass is 220 g/mol. The molecule has 0 amide bonds. The van der Waals surface area contributed by atoms with Crippen LogP contribution < -0.4 is 0 Å². The number of carboxylic acid groups (broad SMARTS) is 1. The summed E-state index contributed by atoms with van der Waals surface area (Å²) >= 11 is 0. The molecule has 1 fully saturated rings. The Hall–Kier alpha value is -1.35. The number of carbonyl (C=O) groups is 1. The van der Waals surface area contributed by atoms with Crippen molar-refractivity contribution in [1.82, 2.24) is 0 Å². The fourth-order valence-corrected chi connectivity index (χ4v) is 2.43. The molecule has 1 aliphatic rings. The molecule has 1 aliphatic carbocycles. The van der Waals surface area contributed by atoms with Gasteiger partial charge in [-0.15, -0.1) is 0 Å². The normalized spacial score (nSPS) is 19.9. The first-order chi connectivity index (χ1) is 7.58. The van der Waals surface area contributed by atoms with Crippen LogP contribution in [0.5, 0.6) is 0 Å². The van der Waals surface area contributed by atoms with E-state index in [0.29, 0.717) is 12.8 Å². The molecule has 1 saturated carbocycles. The third-order valence-electron chi connectivity index (χ3n) is 3.54. The smallest absolute Gasteiger partial charge is 0.314 e. The van der Waals surface area contributed by atoms with Crippen molar-refractivity contribution >= 4 is 5.97 Å². The number of hydrogen-bond acceptors (Lipinski definition) is 2. The van der Waals surface area contributed by atoms with Crippen molar-refractivity contribution in [1.29, 1.82) is 0 Å². The third-order valence-corrected chi connectivity index (χ3v) is 3.54. The standard InChI is InChI=1S/C13H16O3/c1-9(14)10-5-2-3-6-11(10)13(12(15)16)7-4-8-13/h2-3,5-6,9,14H,4,7-8H2,1H3,(H,15,16). The van der Waals surface area contributed by atoms with Gasteiger partial charge in [0.05, 0.1) is 11.5 Å². The first-order valence-electron chi connectivity index (χ1n) is 5.59. The Kier molecular flexibility index (Phi) is 2.72. The van der Waals surface area contributed by atoms with E-state index in [1.165, 1.54) is 0 Å². The second-order valence-corrected chi connectivity index (χ2v) is 4.50. The van der Waals surface area contributed by atoms with Gasteiger partial charge in [-0.3, -0.25) is 4.79 Å². The summed E-state index contributed by atoms with van der Waals surface area (Å²) in [6.45, 7) is 1.67. The van der Waals surface area contributed by atoms with Gasteiger partial charge < -0.3 is 10.2 Å². The molecular formula is C13H16O3. The predicted octanol–water partition coefficient (Wildman–Crippen LogP) is 2.25. The molecule has 0 saturated heterocycles. The third kappa shape index (κ3) is 1.52. The minimum Gasteiger partial charge on any atom is -0.481 e. The number of aliphatic hydroxyl groups is 1. The SMILES string of the molecule is CC(O)c1ccccc1C1(C(=O)O)CCC1. The summed E-state index contributed by atoms with van der Waals surface area (Å²) in [5, 5.41) is 19.0. The molecule has 3 nitrogen and oxygen atoms in total. The van der Waals surface area contributed by atoms with Crippen molar-refractivity contribution in [2.24, 2.45) is 0 Å². The first-order valence-corrected chi connectivity index (χ1v) is 5.59. The maximum atomic E-state index is 11.4. The van der Waals surface area contributed by atoms with E-state index in [4.69, 9.17) is 0 Å². The van der Waals surface area contributed by atoms with E-state index in [1.807, 2.05) is 24.3 Å². The maximum absolute atomic E-state index is 11.4. The van der Waals surface area contributed by atoms with E-state index in [9.17, 15) is 15.0 Å². The molecule has 0 aliphatic heterocycles. The van der Waals surface area contributed by atoms with Crippen LogP contribution in [0.4, 0.5) is 0 Å². The fourth-order valence-electron chi connectivity index (χ4n) is 2.43. The Balaban J connectivity index is 2.50. The van der Waals surface area contributed by atoms with Crippen LogP contribution in [0.2, 0.25) is 0 Å². The molecule has 86 valence electrons. The summed E-state index contributed by atoms with van der Waals surface area (Å²) in [4.78, 5) is 11.4. The Morgan fingerprint density at radius 1 is 1.38 bits per heavy atom. The van der Waals surface area contributed by atoms with Gasteiger partial charge in [0.1, 0.15) is 0 Å². The van der Waals surface area contributed by atoms with E-state index in [2.05, 4.69) is 0 Å². The van der Waals surface area contributed by atoms with Gasteiger partial charge in [-0.2, -0.15) is 0 Å². The molecule has 1 atom stereocenters. The van der Waals surface area contributed by atoms with Crippen molar-refractivity contribution in [3.8, 4) is 0 Å². The van der Waals surface area contributed by atoms with Gasteiger partial charge in [0.15, 0.2) is 0 Å². The molecule has 0 spiro atoms. The van der Waals surface area contributed by atoms with Crippen molar-refractivity contribution in [3.05, 3.63) is 35.4 Å². The molecule has 1 unspecified atom stereocenters. The van der Waals surface area contributed by atoms with Gasteiger partial charge in [-0.1, -0.05) is 30.7 Å². The highest BCUT2D eigenvalue weighted by Gasteiger charge is 2.47. The van der Waals surface area contributed by atoms with Crippen LogP contribution in [0.15, 0.2) is 24.3 Å². The Morgan fingerprint density at radius 2 is 2.00 bits per heavy atom. The summed E-state index contributed by atoms with van der Waals surface area (Å²) in [6.07, 6.45) is 1.67. The lowest BCUT2D eigenvalue weighted by molar-refractivity contribution is -0.147. The average molecular weight is 220 g/mol. The number of benzene rings is 1. The van der Waals surface area contributed by atoms with Crippen LogP contribution >= 0.6 is 0 Å². The van der Waals surface area contributed by atoms with Gasteiger partial charge in [-0.25, -0.2) is 0 Å². The highest BCUT2D eigenvalue weighted by Crippen LogP contribution is 2.46. The Bertz CT molecular complexity index is 405. The quantitative estimate of drug-likeness (QED) is 0.821. The van der Waals surface area contributed by atoms with E-state index in [1.54, 1.807) is 6.92 Å². The van der Waals surface area contributed by atoms with Gasteiger partial charge in [0.2, 0.25) is 0 Å². The second-order valence-electron chi connectivity index (χ2n) is 4.50. The van der Waals surface area contributed by atoms with Crippen LogP contribution in [0, 0.1) is 0 Å². The lowest BCUT2D eigenvalue weighted by Crippen LogP contribution is -2.43. The molecule has 16 heavy (non-hydrogen) atoms. The topological polar surface area (TPSA) is 57.5 Å². The molecule has 1 aromatic carbocycles. The van der Waals surface area contributed by atoms with Gasteiger partial charge >= 0.3 is 5.97 Å². The van der Waals surface area contributed by atoms with Crippen LogP contribution in [0.3, 0.4) is 0 Å². The molecule has 0 bridgehead atoms. The van der Waals surface area contributed by atoms with Crippen LogP contribution in [-0.4, -0.2) is 16.2 Å². The number of aliphatic hydroxyl groups excluding tert-OH is 1. The molecule has 0 radical (unpaired) electrons. The number of carboxylic acids is 1. The van der Waals surface area contributed by atoms with Crippen LogP contribution in [0.25, 0.3) is 0 Å². The van der Waals surface area contributed by atoms with Crippen molar-refractivity contribution in [3.63, 3.8) is 0 Å². The summed E-state index contributed by atoms with van der Waals surface area (Å²) in [5.74, 6) is -0.771. The summed E-state index contributed by atoms with van der Waals surface area (Å²) in [6, 6.07) is 7.31. The minimum atomic E-state index is -0.771. The van der Waals surface area contributed by atoms with Crippen molar-refractivity contribution < 1.29 is 15.0 Å². The lowest BCUT2D eigenvalue weighted by Gasteiger charge is -2.39. The summed E-state index contributed by atoms with van der Waals surface area (Å²) < 4.78 is 0. The number of rotatable bonds is 3. The Labute approximate surface area is 94.7 Å². The van der Waals surface area contributed by atoms with Gasteiger partial charge in [0.25, 0.3) is 0 Å². The van der Waals surface area contributed by atoms with E-state index < -0.39 is 17.5 Å². The first kappa shape index (κ1) is 11.1. The molecule has 0 aromatic heterocycles. The average Bonchev–Trinajstić information content (AvgIpc) is 2.15. The van der Waals surface area contributed by atoms with Crippen LogP contribution in [0.1, 0.15) is 43.4 Å². The number of hydrogen-bond donors (Lipinski definition) is 2. The highest BCUT2D eigenvalue weighted by atomic mass is 16.4. The van der Waals surface area contributed by atoms with Crippen LogP contribution in [-0.2, 0) is 10.2 Å². The molecule has 1 aromatic rings. The number of aliphatic carboxylic acids is 1. The molecule has 2 rings (SSSR count). The van der Waals surface area contributed by atoms with E-state index >= 15 is 0 Å². The van der Waals surface area contributed by atoms with E-state index in [0.717, 1.165) is 17.5 Å². The largest absolute Gasteiger partial charge is 0.481 e. The molecule has 3 heteroatoms. The summed E-state index contributed by atoms with van der Waals surface area (Å²) in [5.41, 5.74) is 0.765. The fraction of sp³-hybridized carbons (Fsp3) is 0.462. The molecule has 0 heterocycles. The van der Waals surface area contributed by atoms with Crippen molar-refractivity contribution in [2.75, 3.05) is 0 Å². The zero-order valence-electron chi connectivity index (χ0n) is 9.31. The molecular weight excluding hydrogens is 204 g/mol. The lowest BCUT2D eigenvalue weighted by atomic mass is 9.63. The Morgan fingerprint density at radius 3 is 2.44 bits per heavy atom. The molecule has 2 N–H and O–H groups in total. The van der Waals surface area contributed by atoms with Gasteiger partial charge in [-0.05, 0) is 30.9 Å². The zero-order valence-corrected chi connectivity index (χ0v) is 9.31. The maximum Gasteiger partial charge on any atom is 0.314 e. The van der Waals surface area contributed by atoms with Gasteiger partial charge in [0, 0.05) is 0 Å². The zero-order chi connectivity index (χ0) is 11.8.